The number of rotatable bonds is 5. The highest BCUT2D eigenvalue weighted by atomic mass is 35.5. The fourth-order valence-electron chi connectivity index (χ4n) is 2.13. The number of carbonyl (C=O) groups is 1. The molecule has 0 fully saturated rings. The molecule has 0 aliphatic carbocycles. The number of nitrogens with zero attached hydrogens (tertiary/aromatic N) is 3. The van der Waals surface area contributed by atoms with Crippen LogP contribution >= 0.6 is 23.2 Å². The number of imidazole rings is 1. The van der Waals surface area contributed by atoms with Gasteiger partial charge in [0.05, 0.1) is 12.0 Å². The molecule has 0 aliphatic rings. The lowest BCUT2D eigenvalue weighted by molar-refractivity contribution is 0.00614. The number of H-pyrrole nitrogens is 1. The predicted molar refractivity (Wildman–Crippen MR) is 93.2 cm³/mol. The normalized spacial score (nSPS) is 11.8. The third-order valence-electron chi connectivity index (χ3n) is 3.11. The standard InChI is InChI=1S/C16H20Cl2N4O2/c1-16(2,3)24-15(23)13-12(20-9-21-13)8-22(4)7-10-11(17)5-6-19-14(10)18/h5-6,9H,7-8H2,1-4H3,(H,20,21). The Labute approximate surface area is 151 Å². The number of halogens is 2. The van der Waals surface area contributed by atoms with Crippen LogP contribution in [0.3, 0.4) is 0 Å². The van der Waals surface area contributed by atoms with Crippen molar-refractivity contribution < 1.29 is 9.53 Å². The first kappa shape index (κ1) is 18.7. The van der Waals surface area contributed by atoms with E-state index in [9.17, 15) is 4.79 Å². The summed E-state index contributed by atoms with van der Waals surface area (Å²) in [4.78, 5) is 25.3. The summed E-state index contributed by atoms with van der Waals surface area (Å²) >= 11 is 12.3. The Bertz CT molecular complexity index is 705. The van der Waals surface area contributed by atoms with Crippen LogP contribution in [-0.2, 0) is 17.8 Å². The van der Waals surface area contributed by atoms with E-state index < -0.39 is 11.6 Å². The van der Waals surface area contributed by atoms with Crippen LogP contribution in [0.4, 0.5) is 0 Å². The average molecular weight is 371 g/mol. The van der Waals surface area contributed by atoms with Crippen molar-refractivity contribution >= 4 is 29.2 Å². The summed E-state index contributed by atoms with van der Waals surface area (Å²) in [6.45, 7) is 6.38. The van der Waals surface area contributed by atoms with E-state index in [1.54, 1.807) is 12.3 Å². The van der Waals surface area contributed by atoms with Crippen LogP contribution < -0.4 is 0 Å². The Hall–Kier alpha value is -1.63. The summed E-state index contributed by atoms with van der Waals surface area (Å²) in [7, 11) is 1.89. The average Bonchev–Trinajstić information content (AvgIpc) is 2.89. The summed E-state index contributed by atoms with van der Waals surface area (Å²) in [6.07, 6.45) is 3.04. The van der Waals surface area contributed by atoms with Crippen molar-refractivity contribution in [1.29, 1.82) is 0 Å². The van der Waals surface area contributed by atoms with Gasteiger partial charge in [-0.3, -0.25) is 4.90 Å². The molecule has 8 heteroatoms. The molecular weight excluding hydrogens is 351 g/mol. The van der Waals surface area contributed by atoms with Gasteiger partial charge in [-0.2, -0.15) is 0 Å². The molecule has 24 heavy (non-hydrogen) atoms. The zero-order chi connectivity index (χ0) is 17.9. The van der Waals surface area contributed by atoms with Crippen LogP contribution in [0.5, 0.6) is 0 Å². The number of pyridine rings is 1. The van der Waals surface area contributed by atoms with E-state index in [0.29, 0.717) is 29.0 Å². The van der Waals surface area contributed by atoms with Gasteiger partial charge in [-0.15, -0.1) is 0 Å². The quantitative estimate of drug-likeness (QED) is 0.641. The van der Waals surface area contributed by atoms with Gasteiger partial charge in [-0.1, -0.05) is 23.2 Å². The summed E-state index contributed by atoms with van der Waals surface area (Å²) in [5.74, 6) is -0.454. The highest BCUT2D eigenvalue weighted by Gasteiger charge is 2.23. The van der Waals surface area contributed by atoms with E-state index in [-0.39, 0.29) is 5.69 Å². The van der Waals surface area contributed by atoms with Gasteiger partial charge in [0, 0.05) is 29.9 Å². The molecule has 0 aromatic carbocycles. The van der Waals surface area contributed by atoms with Gasteiger partial charge in [0.2, 0.25) is 0 Å². The molecule has 2 heterocycles. The second kappa shape index (κ2) is 7.51. The van der Waals surface area contributed by atoms with E-state index in [1.165, 1.54) is 6.33 Å². The number of ether oxygens (including phenoxy) is 1. The second-order valence-corrected chi connectivity index (χ2v) is 7.23. The maximum atomic E-state index is 12.2. The molecular formula is C16H20Cl2N4O2. The number of nitrogens with one attached hydrogen (secondary N) is 1. The van der Waals surface area contributed by atoms with Crippen molar-refractivity contribution in [3.63, 3.8) is 0 Å². The molecule has 0 saturated carbocycles. The zero-order valence-electron chi connectivity index (χ0n) is 14.1. The van der Waals surface area contributed by atoms with Gasteiger partial charge in [0.25, 0.3) is 0 Å². The molecule has 2 rings (SSSR count). The van der Waals surface area contributed by atoms with E-state index >= 15 is 0 Å². The molecule has 6 nitrogen and oxygen atoms in total. The molecule has 2 aromatic heterocycles. The van der Waals surface area contributed by atoms with Gasteiger partial charge in [0.1, 0.15) is 10.8 Å². The highest BCUT2D eigenvalue weighted by molar-refractivity contribution is 6.35. The van der Waals surface area contributed by atoms with Crippen molar-refractivity contribution in [3.05, 3.63) is 45.7 Å². The number of aromatic amines is 1. The Balaban J connectivity index is 2.09. The van der Waals surface area contributed by atoms with Crippen molar-refractivity contribution in [2.24, 2.45) is 0 Å². The minimum Gasteiger partial charge on any atom is -0.455 e. The molecule has 0 bridgehead atoms. The summed E-state index contributed by atoms with van der Waals surface area (Å²) < 4.78 is 5.37. The summed E-state index contributed by atoms with van der Waals surface area (Å²) in [5.41, 5.74) is 1.11. The minimum atomic E-state index is -0.573. The van der Waals surface area contributed by atoms with Crippen molar-refractivity contribution in [2.45, 2.75) is 39.5 Å². The van der Waals surface area contributed by atoms with Crippen LogP contribution in [0.15, 0.2) is 18.6 Å². The molecule has 2 aromatic rings. The topological polar surface area (TPSA) is 71.1 Å². The molecule has 0 unspecified atom stereocenters. The molecule has 1 N–H and O–H groups in total. The maximum absolute atomic E-state index is 12.2. The molecule has 0 spiro atoms. The van der Waals surface area contributed by atoms with Crippen LogP contribution in [0, 0.1) is 0 Å². The largest absolute Gasteiger partial charge is 0.455 e. The van der Waals surface area contributed by atoms with E-state index in [2.05, 4.69) is 15.0 Å². The molecule has 130 valence electrons. The second-order valence-electron chi connectivity index (χ2n) is 6.47. The molecule has 0 atom stereocenters. The SMILES string of the molecule is CN(Cc1[nH]cnc1C(=O)OC(C)(C)C)Cc1c(Cl)ccnc1Cl. The van der Waals surface area contributed by atoms with E-state index in [0.717, 1.165) is 5.56 Å². The monoisotopic (exact) mass is 370 g/mol. The van der Waals surface area contributed by atoms with E-state index in [1.807, 2.05) is 32.7 Å². The minimum absolute atomic E-state index is 0.278. The smallest absolute Gasteiger partial charge is 0.359 e. The first-order valence-electron chi connectivity index (χ1n) is 7.40. The third kappa shape index (κ3) is 4.93. The zero-order valence-corrected chi connectivity index (χ0v) is 15.6. The number of esters is 1. The van der Waals surface area contributed by atoms with Crippen molar-refractivity contribution in [2.75, 3.05) is 7.05 Å². The first-order valence-corrected chi connectivity index (χ1v) is 8.16. The summed E-state index contributed by atoms with van der Waals surface area (Å²) in [6, 6.07) is 1.69. The lowest BCUT2D eigenvalue weighted by Crippen LogP contribution is -2.26. The van der Waals surface area contributed by atoms with Gasteiger partial charge in [-0.05, 0) is 33.9 Å². The van der Waals surface area contributed by atoms with E-state index in [4.69, 9.17) is 27.9 Å². The van der Waals surface area contributed by atoms with Crippen LogP contribution in [0.2, 0.25) is 10.2 Å². The Morgan fingerprint density at radius 2 is 2.00 bits per heavy atom. The van der Waals surface area contributed by atoms with Gasteiger partial charge in [-0.25, -0.2) is 14.8 Å². The lowest BCUT2D eigenvalue weighted by Gasteiger charge is -2.20. The fraction of sp³-hybridized carbons (Fsp3) is 0.438. The first-order chi connectivity index (χ1) is 11.2. The maximum Gasteiger partial charge on any atom is 0.359 e. The Morgan fingerprint density at radius 1 is 1.29 bits per heavy atom. The van der Waals surface area contributed by atoms with Crippen molar-refractivity contribution in [1.82, 2.24) is 19.9 Å². The highest BCUT2D eigenvalue weighted by Crippen LogP contribution is 2.24. The van der Waals surface area contributed by atoms with Crippen molar-refractivity contribution in [3.8, 4) is 0 Å². The number of hydrogen-bond acceptors (Lipinski definition) is 5. The molecule has 0 radical (unpaired) electrons. The predicted octanol–water partition coefficient (Wildman–Crippen LogP) is 3.70. The Kier molecular flexibility index (Phi) is 5.85. The molecule has 0 amide bonds. The molecule has 0 saturated heterocycles. The summed E-state index contributed by atoms with van der Waals surface area (Å²) in [5, 5.41) is 0.921. The van der Waals surface area contributed by atoms with Crippen LogP contribution in [0.1, 0.15) is 42.5 Å². The van der Waals surface area contributed by atoms with Crippen LogP contribution in [0.25, 0.3) is 0 Å². The number of hydrogen-bond donors (Lipinski definition) is 1. The number of aromatic nitrogens is 3. The molecule has 0 aliphatic heterocycles. The third-order valence-corrected chi connectivity index (χ3v) is 3.79. The lowest BCUT2D eigenvalue weighted by atomic mass is 10.2. The van der Waals surface area contributed by atoms with Gasteiger partial charge >= 0.3 is 5.97 Å². The Morgan fingerprint density at radius 3 is 2.62 bits per heavy atom. The van der Waals surface area contributed by atoms with Crippen LogP contribution in [-0.4, -0.2) is 38.5 Å². The fourth-order valence-corrected chi connectivity index (χ4v) is 2.60. The number of carbonyl (C=O) groups excluding carboxylic acids is 1. The van der Waals surface area contributed by atoms with Gasteiger partial charge < -0.3 is 9.72 Å². The van der Waals surface area contributed by atoms with Gasteiger partial charge in [0.15, 0.2) is 5.69 Å².